The smallest absolute Gasteiger partial charge is 0.327 e. The Labute approximate surface area is 92.6 Å². The van der Waals surface area contributed by atoms with Crippen LogP contribution in [0.15, 0.2) is 42.5 Å². The van der Waals surface area contributed by atoms with Crippen molar-refractivity contribution in [2.45, 2.75) is 12.0 Å². The lowest BCUT2D eigenvalue weighted by Crippen LogP contribution is -2.35. The van der Waals surface area contributed by atoms with E-state index in [-0.39, 0.29) is 5.91 Å². The summed E-state index contributed by atoms with van der Waals surface area (Å²) in [4.78, 5) is 22.4. The molecule has 4 nitrogen and oxygen atoms in total. The van der Waals surface area contributed by atoms with Gasteiger partial charge in [0, 0.05) is 11.5 Å². The number of aliphatic carboxylic acids is 1. The highest BCUT2D eigenvalue weighted by atomic mass is 16.4. The van der Waals surface area contributed by atoms with Gasteiger partial charge >= 0.3 is 5.97 Å². The Balaban J connectivity index is 2.41. The second kappa shape index (κ2) is 3.81. The van der Waals surface area contributed by atoms with Crippen LogP contribution in [0, 0.1) is 0 Å². The van der Waals surface area contributed by atoms with Crippen molar-refractivity contribution in [1.29, 1.82) is 0 Å². The van der Waals surface area contributed by atoms with Gasteiger partial charge < -0.3 is 10.4 Å². The van der Waals surface area contributed by atoms with Crippen molar-refractivity contribution in [1.82, 2.24) is 5.32 Å². The van der Waals surface area contributed by atoms with Crippen LogP contribution in [0.1, 0.15) is 11.5 Å². The molecular formula is C12H11NO3. The van der Waals surface area contributed by atoms with Crippen LogP contribution in [-0.4, -0.2) is 23.0 Å². The number of hydrogen-bond donors (Lipinski definition) is 2. The van der Waals surface area contributed by atoms with E-state index in [0.29, 0.717) is 5.57 Å². The van der Waals surface area contributed by atoms with E-state index in [0.717, 1.165) is 5.56 Å². The maximum absolute atomic E-state index is 11.4. The number of carbonyl (C=O) groups excluding carboxylic acids is 1. The van der Waals surface area contributed by atoms with E-state index in [1.54, 1.807) is 12.1 Å². The molecule has 1 fully saturated rings. The summed E-state index contributed by atoms with van der Waals surface area (Å²) in [6.45, 7) is 3.65. The molecule has 2 rings (SSSR count). The summed E-state index contributed by atoms with van der Waals surface area (Å²) in [5, 5.41) is 11.4. The molecule has 82 valence electrons. The minimum atomic E-state index is -1.04. The van der Waals surface area contributed by atoms with Gasteiger partial charge in [0.05, 0.1) is 0 Å². The molecule has 0 aromatic heterocycles. The first kappa shape index (κ1) is 10.4. The second-order valence-corrected chi connectivity index (χ2v) is 3.70. The van der Waals surface area contributed by atoms with Gasteiger partial charge in [-0.2, -0.15) is 0 Å². The van der Waals surface area contributed by atoms with E-state index >= 15 is 0 Å². The molecule has 0 unspecified atom stereocenters. The van der Waals surface area contributed by atoms with Crippen molar-refractivity contribution in [3.8, 4) is 0 Å². The van der Waals surface area contributed by atoms with Gasteiger partial charge in [0.15, 0.2) is 0 Å². The predicted octanol–water partition coefficient (Wildman–Crippen LogP) is 0.909. The van der Waals surface area contributed by atoms with E-state index < -0.39 is 17.9 Å². The number of rotatable bonds is 2. The lowest BCUT2D eigenvalue weighted by atomic mass is 9.89. The maximum Gasteiger partial charge on any atom is 0.327 e. The van der Waals surface area contributed by atoms with E-state index in [1.165, 1.54) is 0 Å². The fraction of sp³-hybridized carbons (Fsp3) is 0.167. The summed E-state index contributed by atoms with van der Waals surface area (Å²) >= 11 is 0. The second-order valence-electron chi connectivity index (χ2n) is 3.70. The Morgan fingerprint density at radius 3 is 2.50 bits per heavy atom. The zero-order valence-corrected chi connectivity index (χ0v) is 8.51. The van der Waals surface area contributed by atoms with Crippen molar-refractivity contribution in [3.63, 3.8) is 0 Å². The van der Waals surface area contributed by atoms with Gasteiger partial charge in [-0.15, -0.1) is 0 Å². The molecular weight excluding hydrogens is 206 g/mol. The van der Waals surface area contributed by atoms with Gasteiger partial charge in [0.2, 0.25) is 5.91 Å². The lowest BCUT2D eigenvalue weighted by Gasteiger charge is -2.15. The molecule has 1 aromatic rings. The molecule has 1 amide bonds. The van der Waals surface area contributed by atoms with Crippen LogP contribution in [0.5, 0.6) is 0 Å². The van der Waals surface area contributed by atoms with E-state index in [9.17, 15) is 9.59 Å². The van der Waals surface area contributed by atoms with Crippen LogP contribution in [-0.2, 0) is 9.59 Å². The molecule has 0 radical (unpaired) electrons. The molecule has 4 heteroatoms. The van der Waals surface area contributed by atoms with Crippen LogP contribution < -0.4 is 5.32 Å². The molecule has 1 heterocycles. The SMILES string of the molecule is C=C1C(=O)N[C@H](C(=O)O)[C@@H]1c1ccccc1. The Kier molecular flexibility index (Phi) is 2.48. The zero-order valence-electron chi connectivity index (χ0n) is 8.51. The molecule has 1 aliphatic rings. The summed E-state index contributed by atoms with van der Waals surface area (Å²) in [6.07, 6.45) is 0. The Morgan fingerprint density at radius 2 is 1.94 bits per heavy atom. The Hall–Kier alpha value is -2.10. The predicted molar refractivity (Wildman–Crippen MR) is 57.9 cm³/mol. The minimum absolute atomic E-state index is 0.304. The number of carboxylic acid groups (broad SMARTS) is 1. The molecule has 16 heavy (non-hydrogen) atoms. The van der Waals surface area contributed by atoms with Gasteiger partial charge in [-0.1, -0.05) is 36.9 Å². The Morgan fingerprint density at radius 1 is 1.31 bits per heavy atom. The third kappa shape index (κ3) is 1.58. The number of hydrogen-bond acceptors (Lipinski definition) is 2. The van der Waals surface area contributed by atoms with Crippen LogP contribution >= 0.6 is 0 Å². The Bertz CT molecular complexity index is 453. The normalized spacial score (nSPS) is 24.2. The third-order valence-corrected chi connectivity index (χ3v) is 2.71. The van der Waals surface area contributed by atoms with Crippen molar-refractivity contribution in [2.75, 3.05) is 0 Å². The summed E-state index contributed by atoms with van der Waals surface area (Å²) < 4.78 is 0. The first-order valence-corrected chi connectivity index (χ1v) is 4.88. The summed E-state index contributed by atoms with van der Waals surface area (Å²) in [5.74, 6) is -1.91. The van der Waals surface area contributed by atoms with Crippen molar-refractivity contribution < 1.29 is 14.7 Å². The zero-order chi connectivity index (χ0) is 11.7. The first-order chi connectivity index (χ1) is 7.61. The van der Waals surface area contributed by atoms with Crippen LogP contribution in [0.25, 0.3) is 0 Å². The van der Waals surface area contributed by atoms with Gasteiger partial charge in [0.25, 0.3) is 0 Å². The highest BCUT2D eigenvalue weighted by molar-refractivity contribution is 6.02. The minimum Gasteiger partial charge on any atom is -0.480 e. The van der Waals surface area contributed by atoms with Crippen LogP contribution in [0.3, 0.4) is 0 Å². The van der Waals surface area contributed by atoms with E-state index in [2.05, 4.69) is 11.9 Å². The summed E-state index contributed by atoms with van der Waals surface area (Å²) in [6, 6.07) is 8.14. The molecule has 0 saturated carbocycles. The summed E-state index contributed by atoms with van der Waals surface area (Å²) in [7, 11) is 0. The topological polar surface area (TPSA) is 66.4 Å². The van der Waals surface area contributed by atoms with Crippen LogP contribution in [0.4, 0.5) is 0 Å². The largest absolute Gasteiger partial charge is 0.480 e. The molecule has 1 aromatic carbocycles. The molecule has 1 aliphatic heterocycles. The average Bonchev–Trinajstić information content (AvgIpc) is 2.57. The van der Waals surface area contributed by atoms with Crippen molar-refractivity contribution in [2.24, 2.45) is 0 Å². The quantitative estimate of drug-likeness (QED) is 0.723. The van der Waals surface area contributed by atoms with Gasteiger partial charge in [-0.3, -0.25) is 4.79 Å². The third-order valence-electron chi connectivity index (χ3n) is 2.71. The fourth-order valence-electron chi connectivity index (χ4n) is 1.92. The lowest BCUT2D eigenvalue weighted by molar-refractivity contribution is -0.140. The first-order valence-electron chi connectivity index (χ1n) is 4.88. The number of nitrogens with one attached hydrogen (secondary N) is 1. The molecule has 2 atom stereocenters. The van der Waals surface area contributed by atoms with Gasteiger partial charge in [0.1, 0.15) is 6.04 Å². The van der Waals surface area contributed by atoms with Gasteiger partial charge in [-0.05, 0) is 5.56 Å². The standard InChI is InChI=1S/C12H11NO3/c1-7-9(8-5-3-2-4-6-8)10(12(15)16)13-11(7)14/h2-6,9-10H,1H2,(H,13,14)(H,15,16)/t9-,10-/m0/s1. The average molecular weight is 217 g/mol. The molecule has 0 spiro atoms. The molecule has 2 N–H and O–H groups in total. The molecule has 0 aliphatic carbocycles. The highest BCUT2D eigenvalue weighted by Crippen LogP contribution is 2.31. The van der Waals surface area contributed by atoms with Crippen molar-refractivity contribution >= 4 is 11.9 Å². The fourth-order valence-corrected chi connectivity index (χ4v) is 1.92. The number of benzene rings is 1. The van der Waals surface area contributed by atoms with Gasteiger partial charge in [-0.25, -0.2) is 4.79 Å². The number of amides is 1. The highest BCUT2D eigenvalue weighted by Gasteiger charge is 2.41. The van der Waals surface area contributed by atoms with Crippen LogP contribution in [0.2, 0.25) is 0 Å². The number of carboxylic acids is 1. The molecule has 0 bridgehead atoms. The monoisotopic (exact) mass is 217 g/mol. The van der Waals surface area contributed by atoms with E-state index in [1.807, 2.05) is 18.2 Å². The van der Waals surface area contributed by atoms with Crippen molar-refractivity contribution in [3.05, 3.63) is 48.0 Å². The van der Waals surface area contributed by atoms with E-state index in [4.69, 9.17) is 5.11 Å². The number of carbonyl (C=O) groups is 2. The summed E-state index contributed by atoms with van der Waals surface area (Å²) in [5.41, 5.74) is 1.09. The molecule has 1 saturated heterocycles. The maximum atomic E-state index is 11.4.